The van der Waals surface area contributed by atoms with Crippen LogP contribution in [0.25, 0.3) is 0 Å². The number of amides is 2. The number of nitrogens with zero attached hydrogens (tertiary/aromatic N) is 2. The Morgan fingerprint density at radius 3 is 2.13 bits per heavy atom. The van der Waals surface area contributed by atoms with Crippen molar-refractivity contribution < 1.29 is 43.6 Å². The van der Waals surface area contributed by atoms with Crippen LogP contribution in [0.3, 0.4) is 0 Å². The zero-order chi connectivity index (χ0) is 49.4. The molecular formula is C58H81N3O9. The summed E-state index contributed by atoms with van der Waals surface area (Å²) in [6.07, 6.45) is 20.5. The molecule has 0 saturated heterocycles. The van der Waals surface area contributed by atoms with Crippen LogP contribution in [-0.2, 0) is 27.5 Å². The van der Waals surface area contributed by atoms with E-state index >= 15 is 0 Å². The number of carbonyl (C=O) groups excluding carboxylic acids is 2. The van der Waals surface area contributed by atoms with Gasteiger partial charge in [-0.05, 0) is 85.3 Å². The van der Waals surface area contributed by atoms with E-state index < -0.39 is 29.9 Å². The van der Waals surface area contributed by atoms with Crippen molar-refractivity contribution in [2.24, 2.45) is 22.9 Å². The first-order valence-corrected chi connectivity index (χ1v) is 26.5. The van der Waals surface area contributed by atoms with Crippen molar-refractivity contribution >= 4 is 17.9 Å². The van der Waals surface area contributed by atoms with Gasteiger partial charge in [0.25, 0.3) is 0 Å². The lowest BCUT2D eigenvalue weighted by molar-refractivity contribution is -0.255. The summed E-state index contributed by atoms with van der Waals surface area (Å²) >= 11 is 0. The zero-order valence-electron chi connectivity index (χ0n) is 42.1. The van der Waals surface area contributed by atoms with E-state index in [1.165, 1.54) is 44.9 Å². The van der Waals surface area contributed by atoms with E-state index in [4.69, 9.17) is 28.9 Å². The lowest BCUT2D eigenvalue weighted by Crippen LogP contribution is -2.70. The quantitative estimate of drug-likeness (QED) is 0.0325. The molecule has 1 heterocycles. The molecule has 382 valence electrons. The molecule has 0 bridgehead atoms. The van der Waals surface area contributed by atoms with Crippen molar-refractivity contribution in [1.29, 1.82) is 0 Å². The van der Waals surface area contributed by atoms with Gasteiger partial charge in [-0.25, -0.2) is 9.59 Å². The maximum atomic E-state index is 14.7. The molecule has 0 aromatic heterocycles. The fraction of sp³-hybridized carbons (Fsp3) is 0.569. The number of nitrogens with one attached hydrogen (secondary N) is 1. The van der Waals surface area contributed by atoms with Gasteiger partial charge in [-0.2, -0.15) is 0 Å². The molecular weight excluding hydrogens is 883 g/mol. The number of hydrogen-bond acceptors (Lipinski definition) is 10. The van der Waals surface area contributed by atoms with E-state index in [1.54, 1.807) is 17.0 Å². The van der Waals surface area contributed by atoms with Gasteiger partial charge < -0.3 is 39.3 Å². The molecule has 1 saturated carbocycles. The molecule has 12 heteroatoms. The summed E-state index contributed by atoms with van der Waals surface area (Å²) in [5, 5.41) is 27.9. The average molecular weight is 964 g/mol. The van der Waals surface area contributed by atoms with E-state index in [-0.39, 0.29) is 57.2 Å². The number of allylic oxidation sites excluding steroid dienone is 1. The molecule has 2 aliphatic carbocycles. The first-order chi connectivity index (χ1) is 34.4. The van der Waals surface area contributed by atoms with Crippen LogP contribution in [0.4, 0.5) is 9.59 Å². The van der Waals surface area contributed by atoms with Crippen molar-refractivity contribution in [3.8, 4) is 11.5 Å². The number of benzene rings is 3. The highest BCUT2D eigenvalue weighted by molar-refractivity contribution is 6.03. The molecule has 2 amide bonds. The minimum Gasteiger partial charge on any atom is -0.459 e. The minimum absolute atomic E-state index is 0.00339. The highest BCUT2D eigenvalue weighted by Crippen LogP contribution is 2.62. The lowest BCUT2D eigenvalue weighted by Gasteiger charge is -2.59. The first-order valence-electron chi connectivity index (χ1n) is 26.5. The van der Waals surface area contributed by atoms with Crippen molar-refractivity contribution in [2.75, 3.05) is 32.9 Å². The van der Waals surface area contributed by atoms with Gasteiger partial charge in [-0.15, -0.1) is 6.58 Å². The van der Waals surface area contributed by atoms with Crippen LogP contribution in [0, 0.1) is 17.8 Å². The minimum atomic E-state index is -1.45. The number of unbranched alkanes of at least 4 members (excludes halogenated alkanes) is 11. The number of hydrogen-bond donors (Lipinski definition) is 3. The molecule has 1 aliphatic heterocycles. The second kappa shape index (κ2) is 29.2. The zero-order valence-corrected chi connectivity index (χ0v) is 42.1. The van der Waals surface area contributed by atoms with Gasteiger partial charge in [0.1, 0.15) is 30.8 Å². The van der Waals surface area contributed by atoms with Gasteiger partial charge in [0.05, 0.1) is 18.2 Å². The van der Waals surface area contributed by atoms with Gasteiger partial charge in [0, 0.05) is 44.2 Å². The topological polar surface area (TPSA) is 148 Å². The Balaban J connectivity index is 1.39. The second-order valence-electron chi connectivity index (χ2n) is 19.3. The van der Waals surface area contributed by atoms with Crippen LogP contribution in [0.2, 0.25) is 0 Å². The highest BCUT2D eigenvalue weighted by Gasteiger charge is 2.65. The third kappa shape index (κ3) is 14.9. The second-order valence-corrected chi connectivity index (χ2v) is 19.3. The van der Waals surface area contributed by atoms with E-state index in [1.807, 2.05) is 79.7 Å². The summed E-state index contributed by atoms with van der Waals surface area (Å²) in [5.74, 6) is -1.24. The Morgan fingerprint density at radius 2 is 1.47 bits per heavy atom. The van der Waals surface area contributed by atoms with Crippen molar-refractivity contribution in [3.05, 3.63) is 120 Å². The molecule has 3 aromatic carbocycles. The molecule has 6 unspecified atom stereocenters. The molecule has 6 rings (SSSR count). The predicted molar refractivity (Wildman–Crippen MR) is 276 cm³/mol. The van der Waals surface area contributed by atoms with Crippen LogP contribution < -0.4 is 14.8 Å². The fourth-order valence-corrected chi connectivity index (χ4v) is 10.8. The molecule has 0 spiro atoms. The van der Waals surface area contributed by atoms with E-state index in [9.17, 15) is 19.8 Å². The lowest BCUT2D eigenvalue weighted by atomic mass is 9.55. The number of aliphatic hydroxyl groups excluding tert-OH is 2. The van der Waals surface area contributed by atoms with Crippen molar-refractivity contribution in [1.82, 2.24) is 10.2 Å². The molecule has 70 heavy (non-hydrogen) atoms. The Morgan fingerprint density at radius 1 is 0.814 bits per heavy atom. The molecule has 3 aliphatic rings. The molecule has 6 atom stereocenters. The van der Waals surface area contributed by atoms with Crippen LogP contribution in [0.1, 0.15) is 152 Å². The van der Waals surface area contributed by atoms with Gasteiger partial charge in [-0.3, -0.25) is 4.90 Å². The van der Waals surface area contributed by atoms with Gasteiger partial charge in [0.15, 0.2) is 0 Å². The summed E-state index contributed by atoms with van der Waals surface area (Å²) < 4.78 is 26.6. The average Bonchev–Trinajstić information content (AvgIpc) is 3.38. The Kier molecular flexibility index (Phi) is 22.6. The van der Waals surface area contributed by atoms with Crippen molar-refractivity contribution in [3.63, 3.8) is 0 Å². The molecule has 12 nitrogen and oxygen atoms in total. The number of rotatable bonds is 31. The third-order valence-corrected chi connectivity index (χ3v) is 14.2. The summed E-state index contributed by atoms with van der Waals surface area (Å²) in [5.41, 5.74) is 4.32. The number of oxime groups is 1. The fourth-order valence-electron chi connectivity index (χ4n) is 10.8. The van der Waals surface area contributed by atoms with E-state index in [0.717, 1.165) is 67.2 Å². The highest BCUT2D eigenvalue weighted by atomic mass is 16.7. The van der Waals surface area contributed by atoms with Crippen LogP contribution in [0.5, 0.6) is 11.5 Å². The maximum Gasteiger partial charge on any atom is 0.412 e. The van der Waals surface area contributed by atoms with Crippen LogP contribution in [0.15, 0.2) is 108 Å². The number of ether oxygens (including phenoxy) is 4. The smallest absolute Gasteiger partial charge is 0.412 e. The van der Waals surface area contributed by atoms with Gasteiger partial charge >= 0.3 is 12.2 Å². The normalized spacial score (nSPS) is 21.7. The summed E-state index contributed by atoms with van der Waals surface area (Å²) in [4.78, 5) is 36.1. The summed E-state index contributed by atoms with van der Waals surface area (Å²) in [7, 11) is 0. The first kappa shape index (κ1) is 54.2. The number of fused-ring (bicyclic) bond motifs is 2. The van der Waals surface area contributed by atoms with Crippen LogP contribution in [-0.4, -0.2) is 77.8 Å². The largest absolute Gasteiger partial charge is 0.459 e. The molecule has 0 radical (unpaired) electrons. The standard InChI is InChI=1S/C58H81N3O9/c1-4-7-8-9-10-11-12-13-14-23-34-59-56(64)69-47-32-33-52-50(40-47)54-48(31-22-25-37-63)46(30-21-24-36-62)39-49-51(60-68-43-45-28-19-16-20-29-45)41-53(58(70-52,55(49)54)67-38-6-3)61(35-5-2)57(65)66-42-44-26-17-15-18-27-44/h6,15-20,26-29,32-33,39-40,46,48,53-55,62-63H,3-5,7-14,21-25,30-31,34-38,41-43H2,1-2H3,(H,59,64). The van der Waals surface area contributed by atoms with Crippen molar-refractivity contribution in [2.45, 2.75) is 160 Å². The SMILES string of the molecule is C=CCOC12Oc3ccc(OC(=O)NCCCCCCCCCCCC)cc3C3C(CCCCO)C(CCCCO)C=C(C(=NOCc4ccccc4)CC1N(CCC)C(=O)OCc1ccccc1)C32. The monoisotopic (exact) mass is 964 g/mol. The van der Waals surface area contributed by atoms with E-state index in [2.05, 4.69) is 24.9 Å². The molecule has 3 aromatic rings. The number of aliphatic hydroxyl groups is 2. The van der Waals surface area contributed by atoms with E-state index in [0.29, 0.717) is 49.6 Å². The van der Waals surface area contributed by atoms with Gasteiger partial charge in [0.2, 0.25) is 5.79 Å². The third-order valence-electron chi connectivity index (χ3n) is 14.2. The Hall–Kier alpha value is -5.17. The molecule has 1 fully saturated rings. The Bertz CT molecular complexity index is 2100. The van der Waals surface area contributed by atoms with Gasteiger partial charge in [-0.1, -0.05) is 162 Å². The summed E-state index contributed by atoms with van der Waals surface area (Å²) in [6, 6.07) is 24.4. The Labute approximate surface area is 417 Å². The molecule has 3 N–H and O–H groups in total. The predicted octanol–water partition coefficient (Wildman–Crippen LogP) is 12.6. The summed E-state index contributed by atoms with van der Waals surface area (Å²) in [6.45, 7) is 9.86. The number of carbonyl (C=O) groups is 2. The van der Waals surface area contributed by atoms with Crippen LogP contribution >= 0.6 is 0 Å². The maximum absolute atomic E-state index is 14.7.